The van der Waals surface area contributed by atoms with Crippen LogP contribution in [-0.2, 0) is 6.54 Å². The Morgan fingerprint density at radius 3 is 2.75 bits per heavy atom. The minimum atomic E-state index is 0.458. The van der Waals surface area contributed by atoms with Crippen molar-refractivity contribution in [1.29, 1.82) is 5.26 Å². The summed E-state index contributed by atoms with van der Waals surface area (Å²) >= 11 is 0. The second-order valence-electron chi connectivity index (χ2n) is 4.50. The van der Waals surface area contributed by atoms with Crippen LogP contribution in [-0.4, -0.2) is 23.2 Å². The monoisotopic (exact) mass is 269 g/mol. The fourth-order valence-corrected chi connectivity index (χ4v) is 2.17. The predicted molar refractivity (Wildman–Crippen MR) is 73.9 cm³/mol. The van der Waals surface area contributed by atoms with E-state index in [0.717, 1.165) is 17.5 Å². The third kappa shape index (κ3) is 2.41. The van der Waals surface area contributed by atoms with Gasteiger partial charge in [0, 0.05) is 11.3 Å². The maximum absolute atomic E-state index is 11.0. The van der Waals surface area contributed by atoms with Gasteiger partial charge in [-0.05, 0) is 32.0 Å². The number of aryl methyl sites for hydroxylation is 1. The second kappa shape index (κ2) is 5.57. The lowest BCUT2D eigenvalue weighted by molar-refractivity contribution is 0.112. The summed E-state index contributed by atoms with van der Waals surface area (Å²) in [7, 11) is 1.59. The average Bonchev–Trinajstić information content (AvgIpc) is 2.72. The van der Waals surface area contributed by atoms with Gasteiger partial charge in [-0.25, -0.2) is 0 Å². The molecule has 102 valence electrons. The van der Waals surface area contributed by atoms with Gasteiger partial charge in [0.2, 0.25) is 0 Å². The summed E-state index contributed by atoms with van der Waals surface area (Å²) in [6, 6.07) is 7.35. The van der Waals surface area contributed by atoms with Gasteiger partial charge in [0.05, 0.1) is 36.5 Å². The Morgan fingerprint density at radius 2 is 2.20 bits per heavy atom. The Hall–Kier alpha value is -2.61. The fraction of sp³-hybridized carbons (Fsp3) is 0.267. The first-order valence-corrected chi connectivity index (χ1v) is 6.17. The lowest BCUT2D eigenvalue weighted by Crippen LogP contribution is -2.06. The van der Waals surface area contributed by atoms with E-state index in [4.69, 9.17) is 10.00 Å². The Labute approximate surface area is 117 Å². The van der Waals surface area contributed by atoms with Crippen molar-refractivity contribution in [3.8, 4) is 11.8 Å². The van der Waals surface area contributed by atoms with Crippen molar-refractivity contribution in [2.75, 3.05) is 7.11 Å². The van der Waals surface area contributed by atoms with Gasteiger partial charge in [0.1, 0.15) is 5.75 Å². The number of ether oxygens (including phenoxy) is 1. The van der Waals surface area contributed by atoms with E-state index in [2.05, 4.69) is 11.2 Å². The topological polar surface area (TPSA) is 67.9 Å². The first-order chi connectivity index (χ1) is 9.60. The molecule has 2 rings (SSSR count). The molecule has 5 nitrogen and oxygen atoms in total. The summed E-state index contributed by atoms with van der Waals surface area (Å²) in [5.41, 5.74) is 3.54. The lowest BCUT2D eigenvalue weighted by atomic mass is 10.1. The molecule has 0 aliphatic heterocycles. The molecule has 0 N–H and O–H groups in total. The molecule has 2 aromatic rings. The van der Waals surface area contributed by atoms with Crippen molar-refractivity contribution in [1.82, 2.24) is 9.78 Å². The number of benzene rings is 1. The lowest BCUT2D eigenvalue weighted by Gasteiger charge is -2.10. The third-order valence-electron chi connectivity index (χ3n) is 3.28. The fourth-order valence-electron chi connectivity index (χ4n) is 2.17. The predicted octanol–water partition coefficient (Wildman–Crippen LogP) is 2.24. The zero-order valence-electron chi connectivity index (χ0n) is 11.7. The van der Waals surface area contributed by atoms with Crippen molar-refractivity contribution >= 4 is 6.29 Å². The standard InChI is InChI=1S/C15H15N3O2/c1-10-14(9-19)11(2)18(17-10)8-13-6-12(7-16)4-5-15(13)20-3/h4-6,9H,8H2,1-3H3. The number of aromatic nitrogens is 2. The van der Waals surface area contributed by atoms with Crippen LogP contribution in [0, 0.1) is 25.2 Å². The van der Waals surface area contributed by atoms with E-state index in [1.165, 1.54) is 0 Å². The highest BCUT2D eigenvalue weighted by Gasteiger charge is 2.13. The quantitative estimate of drug-likeness (QED) is 0.798. The van der Waals surface area contributed by atoms with Gasteiger partial charge in [-0.2, -0.15) is 10.4 Å². The number of rotatable bonds is 4. The van der Waals surface area contributed by atoms with Gasteiger partial charge in [0.25, 0.3) is 0 Å². The van der Waals surface area contributed by atoms with Crippen molar-refractivity contribution in [2.45, 2.75) is 20.4 Å². The van der Waals surface area contributed by atoms with Crippen molar-refractivity contribution in [3.05, 3.63) is 46.3 Å². The number of hydrogen-bond donors (Lipinski definition) is 0. The summed E-state index contributed by atoms with van der Waals surface area (Å²) in [5.74, 6) is 0.698. The van der Waals surface area contributed by atoms with E-state index in [1.807, 2.05) is 6.92 Å². The molecule has 1 aromatic heterocycles. The number of nitriles is 1. The Kier molecular flexibility index (Phi) is 3.85. The van der Waals surface area contributed by atoms with Gasteiger partial charge < -0.3 is 4.74 Å². The molecule has 1 heterocycles. The Bertz CT molecular complexity index is 696. The van der Waals surface area contributed by atoms with E-state index in [-0.39, 0.29) is 0 Å². The Balaban J connectivity index is 2.44. The summed E-state index contributed by atoms with van der Waals surface area (Å²) in [6.45, 7) is 4.11. The maximum atomic E-state index is 11.0. The maximum Gasteiger partial charge on any atom is 0.153 e. The molecule has 0 unspecified atom stereocenters. The third-order valence-corrected chi connectivity index (χ3v) is 3.28. The normalized spacial score (nSPS) is 10.1. The summed E-state index contributed by atoms with van der Waals surface area (Å²) in [5, 5.41) is 13.3. The van der Waals surface area contributed by atoms with Crippen LogP contribution in [0.5, 0.6) is 5.75 Å². The minimum absolute atomic E-state index is 0.458. The Morgan fingerprint density at radius 1 is 1.45 bits per heavy atom. The highest BCUT2D eigenvalue weighted by molar-refractivity contribution is 5.78. The number of methoxy groups -OCH3 is 1. The van der Waals surface area contributed by atoms with Crippen LogP contribution in [0.25, 0.3) is 0 Å². The zero-order valence-corrected chi connectivity index (χ0v) is 11.7. The highest BCUT2D eigenvalue weighted by atomic mass is 16.5. The van der Waals surface area contributed by atoms with Crippen LogP contribution in [0.4, 0.5) is 0 Å². The highest BCUT2D eigenvalue weighted by Crippen LogP contribution is 2.22. The smallest absolute Gasteiger partial charge is 0.153 e. The van der Waals surface area contributed by atoms with Crippen LogP contribution in [0.1, 0.15) is 32.9 Å². The van der Waals surface area contributed by atoms with Gasteiger partial charge in [-0.3, -0.25) is 9.48 Å². The summed E-state index contributed by atoms with van der Waals surface area (Å²) in [6.07, 6.45) is 0.817. The molecular weight excluding hydrogens is 254 g/mol. The van der Waals surface area contributed by atoms with Gasteiger partial charge in [-0.15, -0.1) is 0 Å². The second-order valence-corrected chi connectivity index (χ2v) is 4.50. The largest absolute Gasteiger partial charge is 0.496 e. The summed E-state index contributed by atoms with van der Waals surface area (Å²) in [4.78, 5) is 11.0. The van der Waals surface area contributed by atoms with E-state index in [1.54, 1.807) is 36.9 Å². The number of aldehydes is 1. The van der Waals surface area contributed by atoms with E-state index in [0.29, 0.717) is 29.1 Å². The van der Waals surface area contributed by atoms with Crippen LogP contribution >= 0.6 is 0 Å². The number of carbonyl (C=O) groups is 1. The van der Waals surface area contributed by atoms with Gasteiger partial charge in [-0.1, -0.05) is 0 Å². The molecule has 0 bridgehead atoms. The number of hydrogen-bond acceptors (Lipinski definition) is 4. The SMILES string of the molecule is COc1ccc(C#N)cc1Cn1nc(C)c(C=O)c1C. The van der Waals surface area contributed by atoms with Crippen molar-refractivity contribution in [2.24, 2.45) is 0 Å². The molecule has 0 atom stereocenters. The summed E-state index contributed by atoms with van der Waals surface area (Å²) < 4.78 is 7.05. The molecular formula is C15H15N3O2. The molecule has 0 radical (unpaired) electrons. The molecule has 0 aliphatic rings. The van der Waals surface area contributed by atoms with Crippen LogP contribution < -0.4 is 4.74 Å². The first-order valence-electron chi connectivity index (χ1n) is 6.17. The molecule has 0 saturated carbocycles. The van der Waals surface area contributed by atoms with Crippen LogP contribution in [0.15, 0.2) is 18.2 Å². The molecule has 0 aliphatic carbocycles. The van der Waals surface area contributed by atoms with E-state index >= 15 is 0 Å². The minimum Gasteiger partial charge on any atom is -0.496 e. The average molecular weight is 269 g/mol. The van der Waals surface area contributed by atoms with Gasteiger partial charge >= 0.3 is 0 Å². The molecule has 0 fully saturated rings. The van der Waals surface area contributed by atoms with E-state index < -0.39 is 0 Å². The molecule has 0 saturated heterocycles. The number of carbonyl (C=O) groups excluding carboxylic acids is 1. The first kappa shape index (κ1) is 13.8. The molecule has 20 heavy (non-hydrogen) atoms. The zero-order chi connectivity index (χ0) is 14.7. The number of nitrogens with zero attached hydrogens (tertiary/aromatic N) is 3. The molecule has 0 amide bonds. The molecule has 0 spiro atoms. The van der Waals surface area contributed by atoms with Crippen LogP contribution in [0.3, 0.4) is 0 Å². The molecule has 1 aromatic carbocycles. The van der Waals surface area contributed by atoms with Crippen molar-refractivity contribution in [3.63, 3.8) is 0 Å². The van der Waals surface area contributed by atoms with Crippen molar-refractivity contribution < 1.29 is 9.53 Å². The van der Waals surface area contributed by atoms with E-state index in [9.17, 15) is 4.79 Å². The van der Waals surface area contributed by atoms with Gasteiger partial charge in [0.15, 0.2) is 6.29 Å². The molecule has 5 heteroatoms. The van der Waals surface area contributed by atoms with Crippen LogP contribution in [0.2, 0.25) is 0 Å².